The highest BCUT2D eigenvalue weighted by Crippen LogP contribution is 2.20. The first-order chi connectivity index (χ1) is 8.75. The van der Waals surface area contributed by atoms with Crippen LogP contribution in [-0.4, -0.2) is 31.7 Å². The number of nitrogens with one attached hydrogen (secondary N) is 2. The Hall–Kier alpha value is -1.10. The van der Waals surface area contributed by atoms with Gasteiger partial charge in [0.05, 0.1) is 16.8 Å². The molecule has 1 atom stereocenters. The second-order valence-corrected chi connectivity index (χ2v) is 4.71. The summed E-state index contributed by atoms with van der Waals surface area (Å²) < 4.78 is 5.54. The van der Waals surface area contributed by atoms with E-state index in [1.165, 1.54) is 0 Å². The highest BCUT2D eigenvalue weighted by molar-refractivity contribution is 6.33. The molecule has 0 spiro atoms. The molecular formula is C13H17ClN2O2. The van der Waals surface area contributed by atoms with Gasteiger partial charge in [-0.05, 0) is 31.5 Å². The van der Waals surface area contributed by atoms with E-state index in [1.807, 2.05) is 12.1 Å². The van der Waals surface area contributed by atoms with Gasteiger partial charge in [-0.1, -0.05) is 23.7 Å². The second-order valence-electron chi connectivity index (χ2n) is 4.31. The molecule has 0 radical (unpaired) electrons. The van der Waals surface area contributed by atoms with Crippen LogP contribution < -0.4 is 10.6 Å². The predicted octanol–water partition coefficient (Wildman–Crippen LogP) is 2.05. The Morgan fingerprint density at radius 3 is 3.06 bits per heavy atom. The first-order valence-electron chi connectivity index (χ1n) is 6.12. The van der Waals surface area contributed by atoms with E-state index in [4.69, 9.17) is 16.3 Å². The third-order valence-electron chi connectivity index (χ3n) is 2.85. The van der Waals surface area contributed by atoms with Crippen molar-refractivity contribution in [1.29, 1.82) is 0 Å². The summed E-state index contributed by atoms with van der Waals surface area (Å²) in [6.07, 6.45) is 2.24. The van der Waals surface area contributed by atoms with E-state index in [-0.39, 0.29) is 18.6 Å². The Kier molecular flexibility index (Phi) is 4.99. The number of hydrogen-bond acceptors (Lipinski definition) is 3. The second kappa shape index (κ2) is 6.73. The van der Waals surface area contributed by atoms with E-state index in [0.717, 1.165) is 25.9 Å². The molecule has 1 aliphatic rings. The van der Waals surface area contributed by atoms with Crippen LogP contribution in [0.25, 0.3) is 0 Å². The highest BCUT2D eigenvalue weighted by atomic mass is 35.5. The maximum atomic E-state index is 11.7. The molecule has 0 unspecified atom stereocenters. The average molecular weight is 269 g/mol. The Balaban J connectivity index is 1.76. The van der Waals surface area contributed by atoms with Crippen molar-refractivity contribution >= 4 is 23.2 Å². The fourth-order valence-corrected chi connectivity index (χ4v) is 2.09. The van der Waals surface area contributed by atoms with E-state index >= 15 is 0 Å². The first kappa shape index (κ1) is 13.3. The molecule has 18 heavy (non-hydrogen) atoms. The van der Waals surface area contributed by atoms with Crippen molar-refractivity contribution in [3.63, 3.8) is 0 Å². The van der Waals surface area contributed by atoms with Crippen LogP contribution in [0.2, 0.25) is 5.02 Å². The number of halogens is 1. The number of anilines is 1. The molecular weight excluding hydrogens is 252 g/mol. The third kappa shape index (κ3) is 3.98. The van der Waals surface area contributed by atoms with E-state index in [1.54, 1.807) is 12.1 Å². The van der Waals surface area contributed by atoms with Crippen molar-refractivity contribution < 1.29 is 9.53 Å². The van der Waals surface area contributed by atoms with Gasteiger partial charge in [-0.3, -0.25) is 4.79 Å². The predicted molar refractivity (Wildman–Crippen MR) is 71.9 cm³/mol. The largest absolute Gasteiger partial charge is 0.367 e. The molecule has 2 N–H and O–H groups in total. The molecule has 1 heterocycles. The number of benzene rings is 1. The lowest BCUT2D eigenvalue weighted by Crippen LogP contribution is -2.37. The van der Waals surface area contributed by atoms with E-state index in [0.29, 0.717) is 10.7 Å². The lowest BCUT2D eigenvalue weighted by molar-refractivity contribution is -0.122. The number of ether oxygens (including phenoxy) is 1. The number of carbonyl (C=O) groups excluding carboxylic acids is 1. The Morgan fingerprint density at radius 1 is 1.50 bits per heavy atom. The number of para-hydroxylation sites is 1. The molecule has 4 nitrogen and oxygen atoms in total. The molecule has 5 heteroatoms. The summed E-state index contributed by atoms with van der Waals surface area (Å²) in [7, 11) is 0. The normalized spacial score (nSPS) is 19.5. The molecule has 1 aromatic rings. The summed E-state index contributed by atoms with van der Waals surface area (Å²) in [6, 6.07) is 7.15. The van der Waals surface area contributed by atoms with E-state index < -0.39 is 0 Å². The van der Waals surface area contributed by atoms with Gasteiger partial charge in [0.2, 0.25) is 5.91 Å². The van der Waals surface area contributed by atoms with E-state index in [2.05, 4.69) is 10.6 Å². The van der Waals surface area contributed by atoms with Crippen LogP contribution in [0.5, 0.6) is 0 Å². The van der Waals surface area contributed by atoms with Crippen LogP contribution in [0.1, 0.15) is 12.8 Å². The maximum absolute atomic E-state index is 11.7. The van der Waals surface area contributed by atoms with Gasteiger partial charge in [-0.2, -0.15) is 0 Å². The SMILES string of the molecule is O=C(CO[C@H]1CCCNC1)Nc1ccccc1Cl. The Labute approximate surface area is 112 Å². The van der Waals surface area contributed by atoms with Crippen LogP contribution in [0.4, 0.5) is 5.69 Å². The quantitative estimate of drug-likeness (QED) is 0.879. The average Bonchev–Trinajstić information content (AvgIpc) is 2.40. The molecule has 0 saturated carbocycles. The summed E-state index contributed by atoms with van der Waals surface area (Å²) >= 11 is 5.95. The molecule has 2 rings (SSSR count). The number of piperidine rings is 1. The molecule has 1 aromatic carbocycles. The van der Waals surface area contributed by atoms with Crippen molar-refractivity contribution in [2.45, 2.75) is 18.9 Å². The van der Waals surface area contributed by atoms with Crippen molar-refractivity contribution in [1.82, 2.24) is 5.32 Å². The van der Waals surface area contributed by atoms with Crippen LogP contribution in [0, 0.1) is 0 Å². The fraction of sp³-hybridized carbons (Fsp3) is 0.462. The molecule has 1 saturated heterocycles. The zero-order valence-corrected chi connectivity index (χ0v) is 10.9. The minimum Gasteiger partial charge on any atom is -0.367 e. The molecule has 1 fully saturated rings. The molecule has 0 aromatic heterocycles. The van der Waals surface area contributed by atoms with Crippen molar-refractivity contribution in [3.8, 4) is 0 Å². The summed E-state index contributed by atoms with van der Waals surface area (Å²) in [5.74, 6) is -0.173. The number of amides is 1. The Bertz CT molecular complexity index is 406. The van der Waals surface area contributed by atoms with Crippen molar-refractivity contribution in [3.05, 3.63) is 29.3 Å². The fourth-order valence-electron chi connectivity index (χ4n) is 1.90. The van der Waals surface area contributed by atoms with Gasteiger partial charge in [-0.15, -0.1) is 0 Å². The monoisotopic (exact) mass is 268 g/mol. The summed E-state index contributed by atoms with van der Waals surface area (Å²) in [5.41, 5.74) is 0.620. The molecule has 98 valence electrons. The number of carbonyl (C=O) groups is 1. The van der Waals surface area contributed by atoms with Gasteiger partial charge >= 0.3 is 0 Å². The zero-order valence-electron chi connectivity index (χ0n) is 10.1. The maximum Gasteiger partial charge on any atom is 0.250 e. The van der Waals surface area contributed by atoms with Gasteiger partial charge in [0.1, 0.15) is 6.61 Å². The van der Waals surface area contributed by atoms with Crippen LogP contribution in [0.3, 0.4) is 0 Å². The molecule has 1 aliphatic heterocycles. The van der Waals surface area contributed by atoms with Crippen LogP contribution in [-0.2, 0) is 9.53 Å². The standard InChI is InChI=1S/C13H17ClN2O2/c14-11-5-1-2-6-12(11)16-13(17)9-18-10-4-3-7-15-8-10/h1-2,5-6,10,15H,3-4,7-9H2,(H,16,17)/t10-/m0/s1. The Morgan fingerprint density at radius 2 is 2.33 bits per heavy atom. The van der Waals surface area contributed by atoms with E-state index in [9.17, 15) is 4.79 Å². The number of rotatable bonds is 4. The van der Waals surface area contributed by atoms with Gasteiger partial charge in [0.25, 0.3) is 0 Å². The zero-order chi connectivity index (χ0) is 12.8. The van der Waals surface area contributed by atoms with Crippen molar-refractivity contribution in [2.75, 3.05) is 25.0 Å². The molecule has 0 bridgehead atoms. The van der Waals surface area contributed by atoms with Gasteiger partial charge in [0.15, 0.2) is 0 Å². The highest BCUT2D eigenvalue weighted by Gasteiger charge is 2.15. The smallest absolute Gasteiger partial charge is 0.250 e. The lowest BCUT2D eigenvalue weighted by atomic mass is 10.1. The third-order valence-corrected chi connectivity index (χ3v) is 3.18. The van der Waals surface area contributed by atoms with Crippen molar-refractivity contribution in [2.24, 2.45) is 0 Å². The number of hydrogen-bond donors (Lipinski definition) is 2. The first-order valence-corrected chi connectivity index (χ1v) is 6.50. The molecule has 1 amide bonds. The van der Waals surface area contributed by atoms with Crippen LogP contribution >= 0.6 is 11.6 Å². The topological polar surface area (TPSA) is 50.4 Å². The summed E-state index contributed by atoms with van der Waals surface area (Å²) in [4.78, 5) is 11.7. The van der Waals surface area contributed by atoms with Gasteiger partial charge in [-0.25, -0.2) is 0 Å². The minimum atomic E-state index is -0.173. The summed E-state index contributed by atoms with van der Waals surface area (Å²) in [6.45, 7) is 1.92. The van der Waals surface area contributed by atoms with Gasteiger partial charge < -0.3 is 15.4 Å². The van der Waals surface area contributed by atoms with Gasteiger partial charge in [0, 0.05) is 6.54 Å². The van der Waals surface area contributed by atoms with Crippen LogP contribution in [0.15, 0.2) is 24.3 Å². The minimum absolute atomic E-state index is 0.0670. The summed E-state index contributed by atoms with van der Waals surface area (Å²) in [5, 5.41) is 6.51. The lowest BCUT2D eigenvalue weighted by Gasteiger charge is -2.22. The molecule has 0 aliphatic carbocycles.